The van der Waals surface area contributed by atoms with E-state index >= 15 is 0 Å². The average Bonchev–Trinajstić information content (AvgIpc) is 2.75. The van der Waals surface area contributed by atoms with Crippen molar-refractivity contribution in [3.8, 4) is 5.75 Å². The monoisotopic (exact) mass is 412 g/mol. The van der Waals surface area contributed by atoms with E-state index in [1.54, 1.807) is 18.2 Å². The van der Waals surface area contributed by atoms with Gasteiger partial charge in [-0.1, -0.05) is 42.5 Å². The van der Waals surface area contributed by atoms with Crippen molar-refractivity contribution in [2.24, 2.45) is 0 Å². The lowest BCUT2D eigenvalue weighted by Crippen LogP contribution is -2.48. The molecule has 1 saturated carbocycles. The zero-order chi connectivity index (χ0) is 21.3. The summed E-state index contributed by atoms with van der Waals surface area (Å²) in [7, 11) is 0. The molecule has 6 heteroatoms. The molecule has 0 saturated heterocycles. The zero-order valence-electron chi connectivity index (χ0n) is 16.8. The molecule has 2 aromatic carbocycles. The lowest BCUT2D eigenvalue weighted by atomic mass is 9.89. The largest absolute Gasteiger partial charge is 0.508 e. The predicted molar refractivity (Wildman–Crippen MR) is 113 cm³/mol. The number of ether oxygens (including phenoxy) is 2. The summed E-state index contributed by atoms with van der Waals surface area (Å²) in [6.45, 7) is 0.532. The van der Waals surface area contributed by atoms with E-state index < -0.39 is 24.3 Å². The second-order valence-corrected chi connectivity index (χ2v) is 7.51. The van der Waals surface area contributed by atoms with Crippen LogP contribution in [0.15, 0.2) is 60.7 Å². The van der Waals surface area contributed by atoms with Crippen molar-refractivity contribution in [1.29, 1.82) is 0 Å². The Labute approximate surface area is 176 Å². The zero-order valence-corrected chi connectivity index (χ0v) is 16.8. The minimum atomic E-state index is -1.14. The second kappa shape index (κ2) is 10.9. The van der Waals surface area contributed by atoms with Gasteiger partial charge in [0.05, 0.1) is 12.2 Å². The van der Waals surface area contributed by atoms with Crippen molar-refractivity contribution in [2.45, 2.75) is 50.1 Å². The summed E-state index contributed by atoms with van der Waals surface area (Å²) in [5.41, 5.74) is 1.97. The third-order valence-electron chi connectivity index (χ3n) is 5.15. The first-order chi connectivity index (χ1) is 14.5. The summed E-state index contributed by atoms with van der Waals surface area (Å²) < 4.78 is 11.2. The highest BCUT2D eigenvalue weighted by atomic mass is 16.6. The van der Waals surface area contributed by atoms with Crippen LogP contribution in [0.25, 0.3) is 6.08 Å². The van der Waals surface area contributed by atoms with Gasteiger partial charge in [0.15, 0.2) is 0 Å². The first kappa shape index (κ1) is 22.0. The predicted octanol–water partition coefficient (Wildman–Crippen LogP) is 2.85. The molecule has 4 atom stereocenters. The van der Waals surface area contributed by atoms with Gasteiger partial charge < -0.3 is 24.8 Å². The normalized spacial score (nSPS) is 24.1. The molecule has 160 valence electrons. The van der Waals surface area contributed by atoms with E-state index in [0.717, 1.165) is 18.4 Å². The Morgan fingerprint density at radius 1 is 1.03 bits per heavy atom. The highest BCUT2D eigenvalue weighted by molar-refractivity contribution is 5.87. The van der Waals surface area contributed by atoms with E-state index in [4.69, 9.17) is 9.47 Å². The number of aliphatic hydroxyl groups is 2. The summed E-state index contributed by atoms with van der Waals surface area (Å²) in [4.78, 5) is 12.1. The first-order valence-corrected chi connectivity index (χ1v) is 10.2. The molecule has 2 aromatic rings. The van der Waals surface area contributed by atoms with Crippen LogP contribution in [0.5, 0.6) is 5.75 Å². The van der Waals surface area contributed by atoms with E-state index in [2.05, 4.69) is 12.1 Å². The number of esters is 1. The van der Waals surface area contributed by atoms with Crippen LogP contribution in [0.1, 0.15) is 30.4 Å². The van der Waals surface area contributed by atoms with Gasteiger partial charge in [0, 0.05) is 25.5 Å². The molecule has 0 aliphatic heterocycles. The Kier molecular flexibility index (Phi) is 8.02. The third-order valence-corrected chi connectivity index (χ3v) is 5.15. The molecule has 0 unspecified atom stereocenters. The fraction of sp³-hybridized carbons (Fsp3) is 0.375. The second-order valence-electron chi connectivity index (χ2n) is 7.51. The average molecular weight is 412 g/mol. The van der Waals surface area contributed by atoms with E-state index in [1.165, 1.54) is 23.8 Å². The summed E-state index contributed by atoms with van der Waals surface area (Å²) in [5.74, 6) is -0.465. The highest BCUT2D eigenvalue weighted by Gasteiger charge is 2.38. The van der Waals surface area contributed by atoms with Gasteiger partial charge in [-0.25, -0.2) is 4.79 Å². The van der Waals surface area contributed by atoms with Gasteiger partial charge in [-0.2, -0.15) is 0 Å². The number of hydrogen-bond acceptors (Lipinski definition) is 6. The number of carbonyl (C=O) groups excluding carboxylic acids is 1. The Morgan fingerprint density at radius 2 is 1.77 bits per heavy atom. The Balaban J connectivity index is 1.46. The quantitative estimate of drug-likeness (QED) is 0.351. The number of aliphatic hydroxyl groups excluding tert-OH is 2. The van der Waals surface area contributed by atoms with Crippen LogP contribution in [0.2, 0.25) is 0 Å². The number of carbonyl (C=O) groups is 1. The number of aromatic hydroxyl groups is 1. The third kappa shape index (κ3) is 6.69. The minimum Gasteiger partial charge on any atom is -0.508 e. The molecule has 0 amide bonds. The highest BCUT2D eigenvalue weighted by Crippen LogP contribution is 2.25. The van der Waals surface area contributed by atoms with Gasteiger partial charge in [0.25, 0.3) is 0 Å². The molecule has 1 fully saturated rings. The van der Waals surface area contributed by atoms with Crippen molar-refractivity contribution < 1.29 is 29.6 Å². The van der Waals surface area contributed by atoms with Gasteiger partial charge in [-0.15, -0.1) is 0 Å². The van der Waals surface area contributed by atoms with E-state index in [-0.39, 0.29) is 11.9 Å². The van der Waals surface area contributed by atoms with Gasteiger partial charge in [-0.05, 0) is 42.2 Å². The van der Waals surface area contributed by atoms with Crippen LogP contribution in [0, 0.1) is 0 Å². The fourth-order valence-electron chi connectivity index (χ4n) is 3.51. The number of phenols is 1. The van der Waals surface area contributed by atoms with E-state index in [0.29, 0.717) is 19.4 Å². The molecular weight excluding hydrogens is 384 g/mol. The molecule has 0 radical (unpaired) electrons. The maximum atomic E-state index is 12.1. The van der Waals surface area contributed by atoms with E-state index in [1.807, 2.05) is 18.2 Å². The van der Waals surface area contributed by atoms with Crippen LogP contribution < -0.4 is 0 Å². The van der Waals surface area contributed by atoms with Crippen LogP contribution in [-0.2, 0) is 20.7 Å². The number of benzene rings is 2. The van der Waals surface area contributed by atoms with Gasteiger partial charge >= 0.3 is 5.97 Å². The Morgan fingerprint density at radius 3 is 2.50 bits per heavy atom. The molecular formula is C24H28O6. The maximum Gasteiger partial charge on any atom is 0.331 e. The summed E-state index contributed by atoms with van der Waals surface area (Å²) in [6.07, 6.45) is 1.96. The number of hydrogen-bond donors (Lipinski definition) is 3. The lowest BCUT2D eigenvalue weighted by molar-refractivity contribution is -0.170. The number of aryl methyl sites for hydroxylation is 1. The van der Waals surface area contributed by atoms with Crippen LogP contribution in [-0.4, -0.2) is 52.3 Å². The summed E-state index contributed by atoms with van der Waals surface area (Å²) in [6, 6.07) is 16.5. The van der Waals surface area contributed by atoms with Crippen LogP contribution in [0.4, 0.5) is 0 Å². The molecule has 3 rings (SSSR count). The number of phenolic OH excluding ortho intramolecular Hbond substituents is 1. The molecule has 0 bridgehead atoms. The Hall–Kier alpha value is -2.67. The fourth-order valence-corrected chi connectivity index (χ4v) is 3.51. The lowest BCUT2D eigenvalue weighted by Gasteiger charge is -2.36. The molecule has 1 aliphatic rings. The first-order valence-electron chi connectivity index (χ1n) is 10.2. The van der Waals surface area contributed by atoms with Crippen molar-refractivity contribution in [3.63, 3.8) is 0 Å². The summed E-state index contributed by atoms with van der Waals surface area (Å²) in [5, 5.41) is 29.6. The van der Waals surface area contributed by atoms with Crippen molar-refractivity contribution in [1.82, 2.24) is 0 Å². The van der Waals surface area contributed by atoms with Gasteiger partial charge in [-0.3, -0.25) is 0 Å². The molecule has 6 nitrogen and oxygen atoms in total. The molecule has 3 N–H and O–H groups in total. The number of rotatable bonds is 8. The van der Waals surface area contributed by atoms with Crippen molar-refractivity contribution >= 4 is 12.0 Å². The molecule has 30 heavy (non-hydrogen) atoms. The standard InChI is InChI=1S/C24H28O6/c25-19-11-8-18(9-12-19)10-13-23(27)30-22-16-20(15-21(26)24(22)28)29-14-4-7-17-5-2-1-3-6-17/h1-3,5-6,8-13,20-22,24-26,28H,4,7,14-16H2/b13-10+/t20-,21-,22+,24+/m0/s1. The topological polar surface area (TPSA) is 96.2 Å². The van der Waals surface area contributed by atoms with Crippen molar-refractivity contribution in [2.75, 3.05) is 6.61 Å². The SMILES string of the molecule is O=C(/C=C/c1ccc(O)cc1)O[C@@H]1C[C@@H](OCCCc2ccccc2)C[C@H](O)[C@H]1O. The molecule has 1 aliphatic carbocycles. The minimum absolute atomic E-state index is 0.142. The molecule has 0 aromatic heterocycles. The molecule has 0 spiro atoms. The Bertz CT molecular complexity index is 817. The van der Waals surface area contributed by atoms with Crippen LogP contribution >= 0.6 is 0 Å². The summed E-state index contributed by atoms with van der Waals surface area (Å²) >= 11 is 0. The van der Waals surface area contributed by atoms with Crippen molar-refractivity contribution in [3.05, 3.63) is 71.8 Å². The van der Waals surface area contributed by atoms with Gasteiger partial charge in [0.1, 0.15) is 18.0 Å². The maximum absolute atomic E-state index is 12.1. The van der Waals surface area contributed by atoms with Gasteiger partial charge in [0.2, 0.25) is 0 Å². The smallest absolute Gasteiger partial charge is 0.331 e. The van der Waals surface area contributed by atoms with Crippen LogP contribution in [0.3, 0.4) is 0 Å². The van der Waals surface area contributed by atoms with E-state index in [9.17, 15) is 20.1 Å². The molecule has 0 heterocycles.